The third-order valence-corrected chi connectivity index (χ3v) is 4.45. The van der Waals surface area contributed by atoms with Gasteiger partial charge in [0.2, 0.25) is 0 Å². The first-order valence-electron chi connectivity index (χ1n) is 8.32. The summed E-state index contributed by atoms with van der Waals surface area (Å²) in [4.78, 5) is 19.1. The lowest BCUT2D eigenvalue weighted by molar-refractivity contribution is 0.257. The average Bonchev–Trinajstić information content (AvgIpc) is 2.84. The summed E-state index contributed by atoms with van der Waals surface area (Å²) in [6.07, 6.45) is 4.86. The number of urea groups is 1. The molecule has 4 nitrogen and oxygen atoms in total. The van der Waals surface area contributed by atoms with Crippen molar-refractivity contribution in [2.75, 3.05) is 16.8 Å². The number of aromatic nitrogens is 1. The van der Waals surface area contributed by atoms with Crippen molar-refractivity contribution in [1.82, 2.24) is 4.98 Å². The first-order valence-corrected chi connectivity index (χ1v) is 8.32. The van der Waals surface area contributed by atoms with Gasteiger partial charge in [-0.3, -0.25) is 9.88 Å². The summed E-state index contributed by atoms with van der Waals surface area (Å²) in [5.74, 6) is 0. The summed E-state index contributed by atoms with van der Waals surface area (Å²) < 4.78 is 0. The molecular weight excluding hydrogens is 298 g/mol. The third-order valence-electron chi connectivity index (χ3n) is 4.45. The molecule has 1 aliphatic rings. The molecule has 4 heteroatoms. The SMILES string of the molecule is O=C(Nc1cnc2ccccc2c1)N1CCCCc2ccccc21. The molecule has 2 aromatic carbocycles. The van der Waals surface area contributed by atoms with Gasteiger partial charge in [-0.15, -0.1) is 0 Å². The molecule has 1 N–H and O–H groups in total. The van der Waals surface area contributed by atoms with Crippen molar-refractivity contribution in [2.24, 2.45) is 0 Å². The molecular formula is C20H19N3O. The minimum atomic E-state index is -0.0959. The van der Waals surface area contributed by atoms with Crippen LogP contribution in [0.3, 0.4) is 0 Å². The number of benzene rings is 2. The molecule has 0 aliphatic carbocycles. The highest BCUT2D eigenvalue weighted by Gasteiger charge is 2.20. The van der Waals surface area contributed by atoms with Crippen LogP contribution in [0, 0.1) is 0 Å². The highest BCUT2D eigenvalue weighted by atomic mass is 16.2. The Balaban J connectivity index is 1.61. The van der Waals surface area contributed by atoms with Gasteiger partial charge in [0.25, 0.3) is 0 Å². The Labute approximate surface area is 141 Å². The van der Waals surface area contributed by atoms with E-state index in [9.17, 15) is 4.79 Å². The van der Waals surface area contributed by atoms with Crippen molar-refractivity contribution in [3.63, 3.8) is 0 Å². The molecule has 2 heterocycles. The van der Waals surface area contributed by atoms with Crippen molar-refractivity contribution < 1.29 is 4.79 Å². The number of rotatable bonds is 1. The van der Waals surface area contributed by atoms with Crippen LogP contribution in [0.5, 0.6) is 0 Å². The Morgan fingerprint density at radius 2 is 1.88 bits per heavy atom. The van der Waals surface area contributed by atoms with E-state index in [2.05, 4.69) is 16.4 Å². The summed E-state index contributed by atoms with van der Waals surface area (Å²) in [7, 11) is 0. The number of carbonyl (C=O) groups excluding carboxylic acids is 1. The standard InChI is InChI=1S/C20H19N3O/c24-20(22-17-13-16-9-1-3-10-18(16)21-14-17)23-12-6-5-8-15-7-2-4-11-19(15)23/h1-4,7,9-11,13-14H,5-6,8,12H2,(H,22,24). The van der Waals surface area contributed by atoms with Crippen LogP contribution in [0.4, 0.5) is 16.2 Å². The molecule has 0 spiro atoms. The maximum Gasteiger partial charge on any atom is 0.326 e. The van der Waals surface area contributed by atoms with E-state index in [1.807, 2.05) is 53.4 Å². The van der Waals surface area contributed by atoms with E-state index >= 15 is 0 Å². The van der Waals surface area contributed by atoms with Gasteiger partial charge in [-0.1, -0.05) is 36.4 Å². The minimum absolute atomic E-state index is 0.0959. The Hall–Kier alpha value is -2.88. The fourth-order valence-electron chi connectivity index (χ4n) is 3.23. The number of amides is 2. The molecule has 0 unspecified atom stereocenters. The van der Waals surface area contributed by atoms with Crippen LogP contribution in [0.2, 0.25) is 0 Å². The number of nitrogens with zero attached hydrogens (tertiary/aromatic N) is 2. The van der Waals surface area contributed by atoms with E-state index in [4.69, 9.17) is 0 Å². The Morgan fingerprint density at radius 1 is 1.04 bits per heavy atom. The maximum atomic E-state index is 12.8. The van der Waals surface area contributed by atoms with Crippen LogP contribution < -0.4 is 10.2 Å². The second-order valence-electron chi connectivity index (χ2n) is 6.08. The molecule has 0 atom stereocenters. The second kappa shape index (κ2) is 6.32. The predicted molar refractivity (Wildman–Crippen MR) is 97.5 cm³/mol. The minimum Gasteiger partial charge on any atom is -0.306 e. The zero-order chi connectivity index (χ0) is 16.4. The van der Waals surface area contributed by atoms with Crippen molar-refractivity contribution in [3.8, 4) is 0 Å². The Bertz CT molecular complexity index is 891. The number of pyridine rings is 1. The molecule has 1 aliphatic heterocycles. The molecule has 0 radical (unpaired) electrons. The van der Waals surface area contributed by atoms with E-state index < -0.39 is 0 Å². The fourth-order valence-corrected chi connectivity index (χ4v) is 3.23. The van der Waals surface area contributed by atoms with Crippen molar-refractivity contribution in [3.05, 3.63) is 66.4 Å². The lowest BCUT2D eigenvalue weighted by Crippen LogP contribution is -2.35. The van der Waals surface area contributed by atoms with E-state index in [1.54, 1.807) is 6.20 Å². The molecule has 0 saturated heterocycles. The highest BCUT2D eigenvalue weighted by molar-refractivity contribution is 6.03. The summed E-state index contributed by atoms with van der Waals surface area (Å²) in [6, 6.07) is 17.9. The Kier molecular flexibility index (Phi) is 3.87. The monoisotopic (exact) mass is 317 g/mol. The molecule has 2 amide bonds. The van der Waals surface area contributed by atoms with Crippen molar-refractivity contribution >= 4 is 28.3 Å². The third kappa shape index (κ3) is 2.83. The molecule has 120 valence electrons. The van der Waals surface area contributed by atoms with Gasteiger partial charge in [0.05, 0.1) is 17.4 Å². The summed E-state index contributed by atoms with van der Waals surface area (Å²) in [6.45, 7) is 0.740. The van der Waals surface area contributed by atoms with Gasteiger partial charge in [0.15, 0.2) is 0 Å². The summed E-state index contributed by atoms with van der Waals surface area (Å²) in [5.41, 5.74) is 3.90. The zero-order valence-corrected chi connectivity index (χ0v) is 13.4. The number of fused-ring (bicyclic) bond motifs is 2. The van der Waals surface area contributed by atoms with Gasteiger partial charge in [-0.25, -0.2) is 4.79 Å². The van der Waals surface area contributed by atoms with Crippen LogP contribution in [-0.2, 0) is 6.42 Å². The second-order valence-corrected chi connectivity index (χ2v) is 6.08. The molecule has 3 aromatic rings. The van der Waals surface area contributed by atoms with Crippen LogP contribution >= 0.6 is 0 Å². The fraction of sp³-hybridized carbons (Fsp3) is 0.200. The molecule has 24 heavy (non-hydrogen) atoms. The van der Waals surface area contributed by atoms with E-state index in [0.717, 1.165) is 48.1 Å². The smallest absolute Gasteiger partial charge is 0.306 e. The molecule has 0 saturated carbocycles. The number of aryl methyl sites for hydroxylation is 1. The predicted octanol–water partition coefficient (Wildman–Crippen LogP) is 4.61. The average molecular weight is 317 g/mol. The topological polar surface area (TPSA) is 45.2 Å². The Morgan fingerprint density at radius 3 is 2.83 bits per heavy atom. The van der Waals surface area contributed by atoms with Crippen LogP contribution in [0.25, 0.3) is 10.9 Å². The number of anilines is 2. The highest BCUT2D eigenvalue weighted by Crippen LogP contribution is 2.27. The lowest BCUT2D eigenvalue weighted by Gasteiger charge is -2.23. The van der Waals surface area contributed by atoms with Crippen LogP contribution in [-0.4, -0.2) is 17.6 Å². The van der Waals surface area contributed by atoms with Gasteiger partial charge >= 0.3 is 6.03 Å². The number of para-hydroxylation sites is 2. The van der Waals surface area contributed by atoms with E-state index in [1.165, 1.54) is 5.56 Å². The van der Waals surface area contributed by atoms with Gasteiger partial charge < -0.3 is 5.32 Å². The lowest BCUT2D eigenvalue weighted by atomic mass is 10.1. The number of nitrogens with one attached hydrogen (secondary N) is 1. The zero-order valence-electron chi connectivity index (χ0n) is 13.4. The number of carbonyl (C=O) groups is 1. The first kappa shape index (κ1) is 14.7. The molecule has 1 aromatic heterocycles. The quantitative estimate of drug-likeness (QED) is 0.712. The van der Waals surface area contributed by atoms with Gasteiger partial charge in [0, 0.05) is 17.6 Å². The normalized spacial score (nSPS) is 14.1. The molecule has 0 fully saturated rings. The largest absolute Gasteiger partial charge is 0.326 e. The summed E-state index contributed by atoms with van der Waals surface area (Å²) >= 11 is 0. The first-order chi connectivity index (χ1) is 11.8. The van der Waals surface area contributed by atoms with Gasteiger partial charge in [-0.2, -0.15) is 0 Å². The van der Waals surface area contributed by atoms with Crippen LogP contribution in [0.15, 0.2) is 60.8 Å². The van der Waals surface area contributed by atoms with E-state index in [0.29, 0.717) is 0 Å². The van der Waals surface area contributed by atoms with Crippen LogP contribution in [0.1, 0.15) is 18.4 Å². The number of hydrogen-bond acceptors (Lipinski definition) is 2. The van der Waals surface area contributed by atoms with Crippen molar-refractivity contribution in [2.45, 2.75) is 19.3 Å². The summed E-state index contributed by atoms with van der Waals surface area (Å²) in [5, 5.41) is 4.02. The van der Waals surface area contributed by atoms with Gasteiger partial charge in [0.1, 0.15) is 0 Å². The van der Waals surface area contributed by atoms with E-state index in [-0.39, 0.29) is 6.03 Å². The van der Waals surface area contributed by atoms with Gasteiger partial charge in [-0.05, 0) is 43.0 Å². The van der Waals surface area contributed by atoms with Crippen molar-refractivity contribution in [1.29, 1.82) is 0 Å². The molecule has 0 bridgehead atoms. The number of hydrogen-bond donors (Lipinski definition) is 1. The molecule has 4 rings (SSSR count). The maximum absolute atomic E-state index is 12.8.